The minimum atomic E-state index is -0.152. The van der Waals surface area contributed by atoms with E-state index >= 15 is 0 Å². The molecule has 0 aromatic rings. The third-order valence-electron chi connectivity index (χ3n) is 4.44. The fourth-order valence-electron chi connectivity index (χ4n) is 2.71. The lowest BCUT2D eigenvalue weighted by atomic mass is 9.77. The van der Waals surface area contributed by atoms with Gasteiger partial charge in [0.2, 0.25) is 0 Å². The number of amides is 2. The van der Waals surface area contributed by atoms with Gasteiger partial charge < -0.3 is 16.4 Å². The van der Waals surface area contributed by atoms with Crippen LogP contribution in [-0.4, -0.2) is 24.2 Å². The number of carbonyl (C=O) groups is 1. The van der Waals surface area contributed by atoms with Crippen LogP contribution < -0.4 is 16.4 Å². The first-order valence-corrected chi connectivity index (χ1v) is 6.92. The van der Waals surface area contributed by atoms with Gasteiger partial charge in [0.05, 0.1) is 5.54 Å². The van der Waals surface area contributed by atoms with Gasteiger partial charge in [-0.25, -0.2) is 4.79 Å². The largest absolute Gasteiger partial charge is 0.335 e. The Labute approximate surface area is 104 Å². The van der Waals surface area contributed by atoms with Gasteiger partial charge >= 0.3 is 6.03 Å². The molecule has 0 atom stereocenters. The van der Waals surface area contributed by atoms with Gasteiger partial charge in [0, 0.05) is 12.6 Å². The highest BCUT2D eigenvalue weighted by molar-refractivity contribution is 5.75. The number of urea groups is 1. The van der Waals surface area contributed by atoms with Crippen LogP contribution in [0.3, 0.4) is 0 Å². The highest BCUT2D eigenvalue weighted by atomic mass is 16.2. The summed E-state index contributed by atoms with van der Waals surface area (Å²) in [6, 6.07) is 0.377. The SMILES string of the molecule is CC1CCC(CN)(NC(=O)NC2CCC2)CC1. The number of nitrogens with one attached hydrogen (secondary N) is 2. The molecule has 0 aromatic carbocycles. The van der Waals surface area contributed by atoms with Crippen LogP contribution in [0.15, 0.2) is 0 Å². The first-order chi connectivity index (χ1) is 8.13. The van der Waals surface area contributed by atoms with Crippen molar-refractivity contribution in [2.75, 3.05) is 6.54 Å². The van der Waals surface area contributed by atoms with Crippen molar-refractivity contribution in [3.05, 3.63) is 0 Å². The zero-order chi connectivity index (χ0) is 12.3. The molecule has 2 aliphatic rings. The first kappa shape index (κ1) is 12.7. The minimum absolute atomic E-state index is 0.0188. The van der Waals surface area contributed by atoms with E-state index in [1.54, 1.807) is 0 Å². The van der Waals surface area contributed by atoms with E-state index in [9.17, 15) is 4.79 Å². The van der Waals surface area contributed by atoms with Crippen molar-refractivity contribution in [1.29, 1.82) is 0 Å². The van der Waals surface area contributed by atoms with Crippen LogP contribution in [0.25, 0.3) is 0 Å². The molecule has 2 rings (SSSR count). The lowest BCUT2D eigenvalue weighted by Gasteiger charge is -2.40. The summed E-state index contributed by atoms with van der Waals surface area (Å²) in [5, 5.41) is 6.16. The predicted molar refractivity (Wildman–Crippen MR) is 68.7 cm³/mol. The summed E-state index contributed by atoms with van der Waals surface area (Å²) in [7, 11) is 0. The van der Waals surface area contributed by atoms with Crippen LogP contribution in [0.4, 0.5) is 4.79 Å². The van der Waals surface area contributed by atoms with Crippen LogP contribution in [0.2, 0.25) is 0 Å². The molecule has 0 bridgehead atoms. The number of rotatable bonds is 3. The molecule has 0 spiro atoms. The van der Waals surface area contributed by atoms with E-state index in [1.165, 1.54) is 19.3 Å². The zero-order valence-corrected chi connectivity index (χ0v) is 10.8. The summed E-state index contributed by atoms with van der Waals surface area (Å²) < 4.78 is 0. The Morgan fingerprint density at radius 1 is 1.29 bits per heavy atom. The van der Waals surface area contributed by atoms with Crippen molar-refractivity contribution in [3.63, 3.8) is 0 Å². The summed E-state index contributed by atoms with van der Waals surface area (Å²) in [4.78, 5) is 11.9. The molecule has 2 amide bonds. The van der Waals surface area contributed by atoms with Gasteiger partial charge in [0.25, 0.3) is 0 Å². The van der Waals surface area contributed by atoms with Crippen molar-refractivity contribution in [2.45, 2.75) is 63.5 Å². The first-order valence-electron chi connectivity index (χ1n) is 6.92. The molecule has 2 fully saturated rings. The molecule has 2 aliphatic carbocycles. The van der Waals surface area contributed by atoms with Gasteiger partial charge in [-0.2, -0.15) is 0 Å². The molecule has 0 heterocycles. The van der Waals surface area contributed by atoms with Crippen molar-refractivity contribution >= 4 is 6.03 Å². The molecule has 2 saturated carbocycles. The summed E-state index contributed by atoms with van der Waals surface area (Å²) in [6.07, 6.45) is 7.86. The monoisotopic (exact) mass is 239 g/mol. The molecule has 17 heavy (non-hydrogen) atoms. The number of hydrogen-bond acceptors (Lipinski definition) is 2. The van der Waals surface area contributed by atoms with Gasteiger partial charge in [-0.3, -0.25) is 0 Å². The van der Waals surface area contributed by atoms with Crippen LogP contribution in [0.5, 0.6) is 0 Å². The Kier molecular flexibility index (Phi) is 3.92. The quantitative estimate of drug-likeness (QED) is 0.702. The molecule has 0 unspecified atom stereocenters. The van der Waals surface area contributed by atoms with Crippen molar-refractivity contribution in [1.82, 2.24) is 10.6 Å². The summed E-state index contributed by atoms with van der Waals surface area (Å²) in [5.74, 6) is 0.770. The summed E-state index contributed by atoms with van der Waals surface area (Å²) in [5.41, 5.74) is 5.71. The van der Waals surface area contributed by atoms with E-state index in [4.69, 9.17) is 5.73 Å². The average Bonchev–Trinajstić information content (AvgIpc) is 2.27. The van der Waals surface area contributed by atoms with E-state index in [1.807, 2.05) is 0 Å². The summed E-state index contributed by atoms with van der Waals surface area (Å²) in [6.45, 7) is 2.83. The van der Waals surface area contributed by atoms with Crippen molar-refractivity contribution < 1.29 is 4.79 Å². The van der Waals surface area contributed by atoms with Gasteiger partial charge in [-0.15, -0.1) is 0 Å². The maximum Gasteiger partial charge on any atom is 0.315 e. The van der Waals surface area contributed by atoms with Crippen LogP contribution >= 0.6 is 0 Å². The second-order valence-electron chi connectivity index (χ2n) is 5.89. The minimum Gasteiger partial charge on any atom is -0.335 e. The van der Waals surface area contributed by atoms with E-state index in [0.717, 1.165) is 31.6 Å². The number of nitrogens with two attached hydrogens (primary N) is 1. The van der Waals surface area contributed by atoms with E-state index in [0.29, 0.717) is 12.6 Å². The third kappa shape index (κ3) is 3.12. The second-order valence-corrected chi connectivity index (χ2v) is 5.89. The van der Waals surface area contributed by atoms with Gasteiger partial charge in [-0.05, 0) is 50.9 Å². The highest BCUT2D eigenvalue weighted by Gasteiger charge is 2.34. The lowest BCUT2D eigenvalue weighted by Crippen LogP contribution is -2.59. The number of carbonyl (C=O) groups excluding carboxylic acids is 1. The van der Waals surface area contributed by atoms with Crippen LogP contribution in [0, 0.1) is 5.92 Å². The molecule has 4 heteroatoms. The highest BCUT2D eigenvalue weighted by Crippen LogP contribution is 2.31. The lowest BCUT2D eigenvalue weighted by molar-refractivity contribution is 0.182. The fourth-order valence-corrected chi connectivity index (χ4v) is 2.71. The normalized spacial score (nSPS) is 33.9. The van der Waals surface area contributed by atoms with Crippen LogP contribution in [0.1, 0.15) is 51.9 Å². The molecule has 0 saturated heterocycles. The Balaban J connectivity index is 1.83. The smallest absolute Gasteiger partial charge is 0.315 e. The van der Waals surface area contributed by atoms with Crippen LogP contribution in [-0.2, 0) is 0 Å². The average molecular weight is 239 g/mol. The standard InChI is InChI=1S/C13H25N3O/c1-10-5-7-13(9-14,8-6-10)16-12(17)15-11-3-2-4-11/h10-11H,2-9,14H2,1H3,(H2,15,16,17). The molecule has 4 N–H and O–H groups in total. The van der Waals surface area contributed by atoms with Crippen molar-refractivity contribution in [2.24, 2.45) is 11.7 Å². The van der Waals surface area contributed by atoms with Gasteiger partial charge in [-0.1, -0.05) is 6.92 Å². The second kappa shape index (κ2) is 5.25. The third-order valence-corrected chi connectivity index (χ3v) is 4.44. The molecule has 4 nitrogen and oxygen atoms in total. The maximum atomic E-state index is 11.9. The van der Waals surface area contributed by atoms with E-state index < -0.39 is 0 Å². The molecular formula is C13H25N3O. The van der Waals surface area contributed by atoms with Crippen molar-refractivity contribution in [3.8, 4) is 0 Å². The maximum absolute atomic E-state index is 11.9. The Bertz CT molecular complexity index is 268. The zero-order valence-electron chi connectivity index (χ0n) is 10.8. The van der Waals surface area contributed by atoms with E-state index in [2.05, 4.69) is 17.6 Å². The van der Waals surface area contributed by atoms with Gasteiger partial charge in [0.1, 0.15) is 0 Å². The molecule has 0 aliphatic heterocycles. The Morgan fingerprint density at radius 2 is 1.94 bits per heavy atom. The van der Waals surface area contributed by atoms with E-state index in [-0.39, 0.29) is 11.6 Å². The topological polar surface area (TPSA) is 67.1 Å². The summed E-state index contributed by atoms with van der Waals surface area (Å²) >= 11 is 0. The van der Waals surface area contributed by atoms with Gasteiger partial charge in [0.15, 0.2) is 0 Å². The molecule has 0 aromatic heterocycles. The molecule has 0 radical (unpaired) electrons. The predicted octanol–water partition coefficient (Wildman–Crippen LogP) is 1.75. The Hall–Kier alpha value is -0.770. The Morgan fingerprint density at radius 3 is 2.41 bits per heavy atom. The number of hydrogen-bond donors (Lipinski definition) is 3. The molecular weight excluding hydrogens is 214 g/mol. The molecule has 98 valence electrons. The fraction of sp³-hybridized carbons (Fsp3) is 0.923.